The smallest absolute Gasteiger partial charge is 0.263 e. The van der Waals surface area contributed by atoms with Crippen molar-refractivity contribution in [1.82, 2.24) is 9.80 Å². The molecule has 1 saturated heterocycles. The molecule has 2 aliphatic rings. The summed E-state index contributed by atoms with van der Waals surface area (Å²) in [6.45, 7) is -0.567. The number of nitrogens with zero attached hydrogens (tertiary/aromatic N) is 2. The third-order valence-corrected chi connectivity index (χ3v) is 4.42. The Morgan fingerprint density at radius 2 is 1.62 bits per heavy atom. The van der Waals surface area contributed by atoms with Crippen LogP contribution < -0.4 is 0 Å². The molecule has 128 valence electrons. The number of halogens is 3. The fraction of sp³-hybridized carbons (Fsp3) is 0.438. The number of carbonyl (C=O) groups excluding carboxylic acids is 3. The molecule has 0 N–H and O–H groups in total. The number of alkyl halides is 3. The Balaban J connectivity index is 1.87. The van der Waals surface area contributed by atoms with E-state index in [1.165, 1.54) is 18.2 Å². The van der Waals surface area contributed by atoms with E-state index in [-0.39, 0.29) is 11.6 Å². The Bertz CT molecular complexity index is 696. The van der Waals surface area contributed by atoms with Crippen LogP contribution >= 0.6 is 0 Å². The lowest BCUT2D eigenvalue weighted by Crippen LogP contribution is -2.39. The monoisotopic (exact) mass is 340 g/mol. The van der Waals surface area contributed by atoms with Crippen molar-refractivity contribution in [2.75, 3.05) is 0 Å². The lowest BCUT2D eigenvalue weighted by atomic mass is 10.1. The number of hydrogen-bond acceptors (Lipinski definition) is 3. The second-order valence-corrected chi connectivity index (χ2v) is 5.94. The first-order chi connectivity index (χ1) is 11.3. The van der Waals surface area contributed by atoms with Crippen molar-refractivity contribution in [3.05, 3.63) is 35.4 Å². The highest BCUT2D eigenvalue weighted by Crippen LogP contribution is 2.34. The Morgan fingerprint density at radius 1 is 1.00 bits per heavy atom. The molecule has 8 heteroatoms. The second-order valence-electron chi connectivity index (χ2n) is 5.94. The maximum atomic E-state index is 13.0. The van der Waals surface area contributed by atoms with E-state index >= 15 is 0 Å². The molecular weight excluding hydrogens is 325 g/mol. The van der Waals surface area contributed by atoms with Gasteiger partial charge in [-0.1, -0.05) is 31.0 Å². The van der Waals surface area contributed by atoms with Gasteiger partial charge in [0.25, 0.3) is 0 Å². The van der Waals surface area contributed by atoms with Crippen LogP contribution in [0.1, 0.15) is 36.8 Å². The number of benzene rings is 1. The summed E-state index contributed by atoms with van der Waals surface area (Å²) in [5, 5.41) is 0. The average Bonchev–Trinajstić information content (AvgIpc) is 3.11. The van der Waals surface area contributed by atoms with Crippen LogP contribution in [0.15, 0.2) is 24.3 Å². The third kappa shape index (κ3) is 2.76. The van der Waals surface area contributed by atoms with Crippen molar-refractivity contribution >= 4 is 17.8 Å². The van der Waals surface area contributed by atoms with Crippen molar-refractivity contribution in [3.8, 4) is 0 Å². The minimum Gasteiger partial charge on any atom is -0.263 e. The van der Waals surface area contributed by atoms with Crippen LogP contribution in [0.25, 0.3) is 0 Å². The van der Waals surface area contributed by atoms with Gasteiger partial charge in [-0.15, -0.1) is 0 Å². The van der Waals surface area contributed by atoms with Crippen LogP contribution in [0.2, 0.25) is 0 Å². The lowest BCUT2D eigenvalue weighted by Gasteiger charge is -2.21. The van der Waals surface area contributed by atoms with Gasteiger partial charge < -0.3 is 0 Å². The van der Waals surface area contributed by atoms with Gasteiger partial charge in [-0.3, -0.25) is 19.4 Å². The zero-order chi connectivity index (χ0) is 17.5. The number of hydrogen-bond donors (Lipinski definition) is 0. The third-order valence-electron chi connectivity index (χ3n) is 4.42. The van der Waals surface area contributed by atoms with Gasteiger partial charge in [-0.2, -0.15) is 13.2 Å². The summed E-state index contributed by atoms with van der Waals surface area (Å²) in [4.78, 5) is 38.1. The Morgan fingerprint density at radius 3 is 2.25 bits per heavy atom. The molecule has 1 heterocycles. The lowest BCUT2D eigenvalue weighted by molar-refractivity contribution is -0.144. The van der Waals surface area contributed by atoms with Crippen LogP contribution in [-0.4, -0.2) is 33.7 Å². The maximum Gasteiger partial charge on any atom is 0.416 e. The molecular formula is C16H15F3N2O3. The van der Waals surface area contributed by atoms with Crippen LogP contribution in [-0.2, 0) is 22.3 Å². The van der Waals surface area contributed by atoms with Gasteiger partial charge in [0.2, 0.25) is 0 Å². The van der Waals surface area contributed by atoms with Crippen LogP contribution in [0.4, 0.5) is 18.0 Å². The predicted molar refractivity (Wildman–Crippen MR) is 76.5 cm³/mol. The van der Waals surface area contributed by atoms with E-state index in [9.17, 15) is 27.6 Å². The van der Waals surface area contributed by atoms with Gasteiger partial charge >= 0.3 is 24.0 Å². The van der Waals surface area contributed by atoms with Gasteiger partial charge in [-0.05, 0) is 24.5 Å². The van der Waals surface area contributed by atoms with E-state index in [2.05, 4.69) is 0 Å². The van der Waals surface area contributed by atoms with E-state index in [4.69, 9.17) is 0 Å². The Hall–Kier alpha value is -2.38. The highest BCUT2D eigenvalue weighted by atomic mass is 19.4. The molecule has 24 heavy (non-hydrogen) atoms. The Kier molecular flexibility index (Phi) is 4.06. The van der Waals surface area contributed by atoms with Crippen LogP contribution in [0.3, 0.4) is 0 Å². The SMILES string of the molecule is O=C1C(=O)N(C2CCCC2)C(=O)N1Cc1ccccc1C(F)(F)F. The first kappa shape index (κ1) is 16.5. The topological polar surface area (TPSA) is 57.7 Å². The first-order valence-corrected chi connectivity index (χ1v) is 7.65. The molecule has 0 aromatic heterocycles. The molecule has 4 amide bonds. The predicted octanol–water partition coefficient (Wildman–Crippen LogP) is 2.94. The number of carbonyl (C=O) groups is 3. The molecule has 0 unspecified atom stereocenters. The van der Waals surface area contributed by atoms with E-state index in [1.807, 2.05) is 0 Å². The molecule has 1 saturated carbocycles. The molecule has 3 rings (SSSR count). The fourth-order valence-corrected chi connectivity index (χ4v) is 3.25. The molecule has 1 aromatic rings. The minimum absolute atomic E-state index is 0.215. The van der Waals surface area contributed by atoms with E-state index in [1.54, 1.807) is 0 Å². The van der Waals surface area contributed by atoms with Gasteiger partial charge in [0, 0.05) is 6.04 Å². The molecule has 0 atom stereocenters. The quantitative estimate of drug-likeness (QED) is 0.628. The van der Waals surface area contributed by atoms with Crippen LogP contribution in [0, 0.1) is 0 Å². The standard InChI is InChI=1S/C16H15F3N2O3/c17-16(18,19)12-8-4-1-5-10(12)9-20-13(22)14(23)21(15(20)24)11-6-2-3-7-11/h1,4-5,8,11H,2-3,6-7,9H2. The van der Waals surface area contributed by atoms with Gasteiger partial charge in [0.05, 0.1) is 12.1 Å². The molecule has 0 bridgehead atoms. The summed E-state index contributed by atoms with van der Waals surface area (Å²) < 4.78 is 39.1. The van der Waals surface area contributed by atoms with Crippen molar-refractivity contribution in [1.29, 1.82) is 0 Å². The van der Waals surface area contributed by atoms with Crippen LogP contribution in [0.5, 0.6) is 0 Å². The van der Waals surface area contributed by atoms with Crippen molar-refractivity contribution < 1.29 is 27.6 Å². The molecule has 1 aromatic carbocycles. The zero-order valence-corrected chi connectivity index (χ0v) is 12.7. The van der Waals surface area contributed by atoms with Gasteiger partial charge in [0.15, 0.2) is 0 Å². The number of amides is 4. The summed E-state index contributed by atoms with van der Waals surface area (Å²) in [6, 6.07) is 3.55. The molecule has 1 aliphatic heterocycles. The minimum atomic E-state index is -4.60. The fourth-order valence-electron chi connectivity index (χ4n) is 3.25. The van der Waals surface area contributed by atoms with Gasteiger partial charge in [0.1, 0.15) is 0 Å². The number of imide groups is 2. The van der Waals surface area contributed by atoms with Crippen molar-refractivity contribution in [2.24, 2.45) is 0 Å². The first-order valence-electron chi connectivity index (χ1n) is 7.65. The van der Waals surface area contributed by atoms with E-state index in [0.717, 1.165) is 23.8 Å². The number of rotatable bonds is 3. The second kappa shape index (κ2) is 5.92. The summed E-state index contributed by atoms with van der Waals surface area (Å²) in [7, 11) is 0. The summed E-state index contributed by atoms with van der Waals surface area (Å²) in [6.07, 6.45) is -1.65. The molecule has 1 aliphatic carbocycles. The molecule has 0 spiro atoms. The summed E-state index contributed by atoms with van der Waals surface area (Å²) >= 11 is 0. The summed E-state index contributed by atoms with van der Waals surface area (Å²) in [5.41, 5.74) is -1.13. The average molecular weight is 340 g/mol. The number of urea groups is 1. The van der Waals surface area contributed by atoms with E-state index < -0.39 is 36.1 Å². The summed E-state index contributed by atoms with van der Waals surface area (Å²) in [5.74, 6) is -2.01. The highest BCUT2D eigenvalue weighted by molar-refractivity contribution is 6.44. The van der Waals surface area contributed by atoms with Crippen molar-refractivity contribution in [2.45, 2.75) is 44.4 Å². The Labute approximate surface area is 136 Å². The zero-order valence-electron chi connectivity index (χ0n) is 12.7. The molecule has 5 nitrogen and oxygen atoms in total. The largest absolute Gasteiger partial charge is 0.416 e. The highest BCUT2D eigenvalue weighted by Gasteiger charge is 2.48. The normalized spacial score (nSPS) is 19.7. The van der Waals surface area contributed by atoms with Crippen molar-refractivity contribution in [3.63, 3.8) is 0 Å². The molecule has 0 radical (unpaired) electrons. The van der Waals surface area contributed by atoms with Gasteiger partial charge in [-0.25, -0.2) is 4.79 Å². The van der Waals surface area contributed by atoms with E-state index in [0.29, 0.717) is 17.7 Å². The maximum absolute atomic E-state index is 13.0. The molecule has 2 fully saturated rings.